The molecular weight excluding hydrogens is 495 g/mol. The van der Waals surface area contributed by atoms with E-state index in [1.165, 1.54) is 4.90 Å². The molecule has 0 heterocycles. The van der Waals surface area contributed by atoms with Gasteiger partial charge in [-0.1, -0.05) is 37.3 Å². The van der Waals surface area contributed by atoms with Crippen LogP contribution in [0, 0.1) is 0 Å². The Morgan fingerprint density at radius 1 is 1.00 bits per heavy atom. The number of hydrogen-bond acceptors (Lipinski definition) is 3. The van der Waals surface area contributed by atoms with E-state index in [1.807, 2.05) is 49.0 Å². The fourth-order valence-electron chi connectivity index (χ4n) is 2.60. The van der Waals surface area contributed by atoms with Crippen LogP contribution in [0.25, 0.3) is 0 Å². The number of thioether (sulfide) groups is 1. The maximum atomic E-state index is 12.0. The first kappa shape index (κ1) is 25.3. The molecular formula is C22H31IN4OS. The second kappa shape index (κ2) is 14.3. The largest absolute Gasteiger partial charge is 0.357 e. The van der Waals surface area contributed by atoms with Gasteiger partial charge in [0, 0.05) is 35.3 Å². The Labute approximate surface area is 195 Å². The van der Waals surface area contributed by atoms with Crippen molar-refractivity contribution in [3.8, 4) is 0 Å². The van der Waals surface area contributed by atoms with Crippen molar-refractivity contribution < 1.29 is 4.79 Å². The zero-order valence-electron chi connectivity index (χ0n) is 17.3. The van der Waals surface area contributed by atoms with Gasteiger partial charge < -0.3 is 16.0 Å². The Morgan fingerprint density at radius 3 is 2.41 bits per heavy atom. The Kier molecular flexibility index (Phi) is 12.5. The lowest BCUT2D eigenvalue weighted by Crippen LogP contribution is -2.40. The van der Waals surface area contributed by atoms with Crippen LogP contribution in [0.15, 0.2) is 64.5 Å². The average Bonchev–Trinajstić information content (AvgIpc) is 2.71. The van der Waals surface area contributed by atoms with Crippen LogP contribution in [0.5, 0.6) is 0 Å². The number of halogens is 1. The first-order valence-corrected chi connectivity index (χ1v) is 10.6. The summed E-state index contributed by atoms with van der Waals surface area (Å²) >= 11 is 1.84. The Balaban J connectivity index is 0.00000420. The van der Waals surface area contributed by atoms with Gasteiger partial charge in [-0.2, -0.15) is 0 Å². The maximum Gasteiger partial charge on any atom is 0.251 e. The lowest BCUT2D eigenvalue weighted by Gasteiger charge is -2.16. The molecule has 0 radical (unpaired) electrons. The summed E-state index contributed by atoms with van der Waals surface area (Å²) in [6.45, 7) is 8.91. The highest BCUT2D eigenvalue weighted by Gasteiger charge is 2.07. The summed E-state index contributed by atoms with van der Waals surface area (Å²) in [6.07, 6.45) is 0. The van der Waals surface area contributed by atoms with Gasteiger partial charge in [0.25, 0.3) is 5.91 Å². The first-order chi connectivity index (χ1) is 13.6. The molecule has 0 spiro atoms. The third-order valence-corrected chi connectivity index (χ3v) is 5.04. The van der Waals surface area contributed by atoms with Crippen LogP contribution in [0.4, 0.5) is 0 Å². The molecule has 2 aromatic carbocycles. The number of aliphatic imine (C=N–C) groups is 1. The van der Waals surface area contributed by atoms with E-state index in [4.69, 9.17) is 0 Å². The molecule has 0 saturated heterocycles. The number of carbonyl (C=O) groups is 1. The normalized spacial score (nSPS) is 11.9. The summed E-state index contributed by atoms with van der Waals surface area (Å²) in [5, 5.41) is 9.92. The molecule has 29 heavy (non-hydrogen) atoms. The number of carbonyl (C=O) groups excluding carboxylic acids is 1. The lowest BCUT2D eigenvalue weighted by molar-refractivity contribution is 0.0955. The summed E-state index contributed by atoms with van der Waals surface area (Å²) in [5.74, 6) is 0.733. The standard InChI is InChI=1S/C22H30N4OS.HI/c1-4-23-21(27)19-11-9-10-18(14-19)16-26-22(24-5-2)25-15-17(3)28-20-12-7-6-8-13-20;/h6-14,17H,4-5,15-16H2,1-3H3,(H,23,27)(H2,24,25,26);1H. The van der Waals surface area contributed by atoms with Gasteiger partial charge in [0.2, 0.25) is 0 Å². The van der Waals surface area contributed by atoms with Crippen molar-refractivity contribution in [1.29, 1.82) is 0 Å². The third kappa shape index (κ3) is 9.54. The Hall–Kier alpha value is -1.74. The van der Waals surface area contributed by atoms with Crippen molar-refractivity contribution in [2.45, 2.75) is 37.5 Å². The molecule has 0 aromatic heterocycles. The highest BCUT2D eigenvalue weighted by Crippen LogP contribution is 2.21. The summed E-state index contributed by atoms with van der Waals surface area (Å²) in [4.78, 5) is 17.9. The minimum atomic E-state index is -0.0508. The molecule has 158 valence electrons. The van der Waals surface area contributed by atoms with Crippen molar-refractivity contribution in [2.24, 2.45) is 4.99 Å². The summed E-state index contributed by atoms with van der Waals surface area (Å²) in [6, 6.07) is 18.0. The zero-order chi connectivity index (χ0) is 20.2. The number of amides is 1. The van der Waals surface area contributed by atoms with Crippen LogP contribution in [-0.4, -0.2) is 36.8 Å². The van der Waals surface area contributed by atoms with Crippen LogP contribution < -0.4 is 16.0 Å². The first-order valence-electron chi connectivity index (χ1n) is 9.73. The van der Waals surface area contributed by atoms with E-state index in [2.05, 4.69) is 59.1 Å². The molecule has 1 atom stereocenters. The fraction of sp³-hybridized carbons (Fsp3) is 0.364. The maximum absolute atomic E-state index is 12.0. The van der Waals surface area contributed by atoms with Crippen LogP contribution >= 0.6 is 35.7 Å². The molecule has 0 aliphatic carbocycles. The minimum absolute atomic E-state index is 0. The molecule has 0 saturated carbocycles. The molecule has 0 aliphatic rings. The SMILES string of the molecule is CCNC(=O)c1cccc(CN=C(NCC)NCC(C)Sc2ccccc2)c1.I. The minimum Gasteiger partial charge on any atom is -0.357 e. The van der Waals surface area contributed by atoms with Crippen LogP contribution in [-0.2, 0) is 6.54 Å². The smallest absolute Gasteiger partial charge is 0.251 e. The van der Waals surface area contributed by atoms with Crippen molar-refractivity contribution in [3.63, 3.8) is 0 Å². The van der Waals surface area contributed by atoms with E-state index >= 15 is 0 Å². The number of rotatable bonds is 9. The number of benzene rings is 2. The van der Waals surface area contributed by atoms with E-state index in [0.717, 1.165) is 24.6 Å². The van der Waals surface area contributed by atoms with Gasteiger partial charge in [-0.25, -0.2) is 4.99 Å². The second-order valence-electron chi connectivity index (χ2n) is 6.38. The molecule has 2 aromatic rings. The second-order valence-corrected chi connectivity index (χ2v) is 7.89. The van der Waals surface area contributed by atoms with Gasteiger partial charge >= 0.3 is 0 Å². The van der Waals surface area contributed by atoms with E-state index in [1.54, 1.807) is 0 Å². The summed E-state index contributed by atoms with van der Waals surface area (Å²) in [7, 11) is 0. The molecule has 2 rings (SSSR count). The Bertz CT molecular complexity index is 770. The quantitative estimate of drug-likeness (QED) is 0.198. The number of nitrogens with one attached hydrogen (secondary N) is 3. The van der Waals surface area contributed by atoms with E-state index in [9.17, 15) is 4.79 Å². The average molecular weight is 526 g/mol. The predicted molar refractivity (Wildman–Crippen MR) is 134 cm³/mol. The molecule has 1 unspecified atom stereocenters. The van der Waals surface area contributed by atoms with E-state index in [-0.39, 0.29) is 29.9 Å². The van der Waals surface area contributed by atoms with Gasteiger partial charge in [0.15, 0.2) is 5.96 Å². The molecule has 7 heteroatoms. The molecule has 3 N–H and O–H groups in total. The van der Waals surface area contributed by atoms with Crippen LogP contribution in [0.3, 0.4) is 0 Å². The van der Waals surface area contributed by atoms with Gasteiger partial charge in [-0.3, -0.25) is 4.79 Å². The Morgan fingerprint density at radius 2 is 1.72 bits per heavy atom. The van der Waals surface area contributed by atoms with Gasteiger partial charge in [-0.15, -0.1) is 35.7 Å². The number of nitrogens with zero attached hydrogens (tertiary/aromatic N) is 1. The fourth-order valence-corrected chi connectivity index (χ4v) is 3.54. The number of hydrogen-bond donors (Lipinski definition) is 3. The molecule has 1 amide bonds. The third-order valence-electron chi connectivity index (χ3n) is 3.93. The molecule has 5 nitrogen and oxygen atoms in total. The summed E-state index contributed by atoms with van der Waals surface area (Å²) in [5.41, 5.74) is 1.67. The van der Waals surface area contributed by atoms with Crippen molar-refractivity contribution in [1.82, 2.24) is 16.0 Å². The lowest BCUT2D eigenvalue weighted by atomic mass is 10.1. The summed E-state index contributed by atoms with van der Waals surface area (Å²) < 4.78 is 0. The predicted octanol–water partition coefficient (Wildman–Crippen LogP) is 4.29. The highest BCUT2D eigenvalue weighted by molar-refractivity contribution is 14.0. The van der Waals surface area contributed by atoms with Gasteiger partial charge in [0.1, 0.15) is 0 Å². The highest BCUT2D eigenvalue weighted by atomic mass is 127. The van der Waals surface area contributed by atoms with Gasteiger partial charge in [0.05, 0.1) is 6.54 Å². The van der Waals surface area contributed by atoms with Crippen molar-refractivity contribution >= 4 is 47.6 Å². The van der Waals surface area contributed by atoms with Crippen LogP contribution in [0.1, 0.15) is 36.7 Å². The van der Waals surface area contributed by atoms with Crippen molar-refractivity contribution in [2.75, 3.05) is 19.6 Å². The molecule has 0 aliphatic heterocycles. The van der Waals surface area contributed by atoms with Crippen molar-refractivity contribution in [3.05, 3.63) is 65.7 Å². The molecule has 0 bridgehead atoms. The molecule has 0 fully saturated rings. The van der Waals surface area contributed by atoms with E-state index in [0.29, 0.717) is 23.9 Å². The zero-order valence-corrected chi connectivity index (χ0v) is 20.4. The van der Waals surface area contributed by atoms with E-state index < -0.39 is 0 Å². The monoisotopic (exact) mass is 526 g/mol. The number of guanidine groups is 1. The topological polar surface area (TPSA) is 65.5 Å². The van der Waals surface area contributed by atoms with Crippen LogP contribution in [0.2, 0.25) is 0 Å². The van der Waals surface area contributed by atoms with Gasteiger partial charge in [-0.05, 0) is 43.7 Å².